The maximum absolute atomic E-state index is 13.2. The smallest absolute Gasteiger partial charge is 0.330 e. The molecular weight excluding hydrogens is 507 g/mol. The zero-order valence-electron chi connectivity index (χ0n) is 20.8. The summed E-state index contributed by atoms with van der Waals surface area (Å²) in [6.07, 6.45) is 1.94. The molecule has 38 heavy (non-hydrogen) atoms. The fraction of sp³-hybridized carbons (Fsp3) is 0.300. The van der Waals surface area contributed by atoms with E-state index in [1.165, 1.54) is 24.3 Å². The zero-order valence-corrected chi connectivity index (χ0v) is 21.5. The summed E-state index contributed by atoms with van der Waals surface area (Å²) in [4.78, 5) is 39.8. The van der Waals surface area contributed by atoms with E-state index in [-0.39, 0.29) is 37.0 Å². The van der Waals surface area contributed by atoms with Gasteiger partial charge < -0.3 is 15.3 Å². The van der Waals surface area contributed by atoms with Gasteiger partial charge in [0.05, 0.1) is 0 Å². The molecule has 0 bridgehead atoms. The first-order chi connectivity index (χ1) is 18.2. The van der Waals surface area contributed by atoms with Gasteiger partial charge in [-0.2, -0.15) is 0 Å². The van der Waals surface area contributed by atoms with E-state index in [9.17, 15) is 23.9 Å². The van der Waals surface area contributed by atoms with Gasteiger partial charge in [-0.25, -0.2) is 9.18 Å². The van der Waals surface area contributed by atoms with Crippen LogP contribution in [0.15, 0.2) is 66.7 Å². The highest BCUT2D eigenvalue weighted by Crippen LogP contribution is 2.34. The van der Waals surface area contributed by atoms with Crippen LogP contribution in [-0.2, 0) is 22.4 Å². The predicted octanol–water partition coefficient (Wildman–Crippen LogP) is 5.13. The topological polar surface area (TPSA) is 86.7 Å². The summed E-state index contributed by atoms with van der Waals surface area (Å²) in [7, 11) is 0. The maximum atomic E-state index is 13.2. The molecule has 1 fully saturated rings. The summed E-state index contributed by atoms with van der Waals surface area (Å²) in [5, 5.41) is 13.6. The molecule has 0 aromatic heterocycles. The van der Waals surface area contributed by atoms with Crippen LogP contribution >= 0.6 is 11.6 Å². The summed E-state index contributed by atoms with van der Waals surface area (Å²) in [5.41, 5.74) is 2.84. The van der Waals surface area contributed by atoms with Gasteiger partial charge >= 0.3 is 5.97 Å². The fourth-order valence-corrected chi connectivity index (χ4v) is 5.61. The first-order valence-electron chi connectivity index (χ1n) is 12.7. The van der Waals surface area contributed by atoms with E-state index in [4.69, 9.17) is 11.6 Å². The predicted molar refractivity (Wildman–Crippen MR) is 142 cm³/mol. The van der Waals surface area contributed by atoms with Crippen LogP contribution in [0.3, 0.4) is 0 Å². The molecule has 6 nitrogen and oxygen atoms in total. The standard InChI is InChI=1S/C30H28ClFN2O4/c31-25-7-3-20(4-8-25)22-1-2-23-17-30(29(37)38,18-24(23)16-22)33-27(35)15-19-11-13-34(14-12-19)28(36)21-5-9-26(32)10-6-21/h1-10,16,19H,11-15,17-18H2,(H,33,35)(H,37,38). The van der Waals surface area contributed by atoms with Gasteiger partial charge in [-0.15, -0.1) is 0 Å². The van der Waals surface area contributed by atoms with Crippen molar-refractivity contribution >= 4 is 29.4 Å². The van der Waals surface area contributed by atoms with Gasteiger partial charge in [-0.1, -0.05) is 41.9 Å². The Balaban J connectivity index is 1.19. The van der Waals surface area contributed by atoms with Crippen molar-refractivity contribution in [3.63, 3.8) is 0 Å². The minimum absolute atomic E-state index is 0.0541. The molecule has 0 spiro atoms. The number of amides is 2. The first kappa shape index (κ1) is 25.9. The summed E-state index contributed by atoms with van der Waals surface area (Å²) in [6, 6.07) is 18.8. The van der Waals surface area contributed by atoms with Crippen LogP contribution in [-0.4, -0.2) is 46.4 Å². The van der Waals surface area contributed by atoms with E-state index in [0.29, 0.717) is 36.5 Å². The third-order valence-electron chi connectivity index (χ3n) is 7.62. The first-order valence-corrected chi connectivity index (χ1v) is 13.1. The highest BCUT2D eigenvalue weighted by Gasteiger charge is 2.45. The normalized spacial score (nSPS) is 19.2. The Bertz CT molecular complexity index is 1370. The number of hydrogen-bond donors (Lipinski definition) is 2. The highest BCUT2D eigenvalue weighted by molar-refractivity contribution is 6.30. The second-order valence-corrected chi connectivity index (χ2v) is 10.7. The zero-order chi connectivity index (χ0) is 26.9. The Morgan fingerprint density at radius 2 is 1.55 bits per heavy atom. The van der Waals surface area contributed by atoms with Crippen LogP contribution < -0.4 is 5.32 Å². The van der Waals surface area contributed by atoms with Crippen molar-refractivity contribution in [2.45, 2.75) is 37.6 Å². The largest absolute Gasteiger partial charge is 0.479 e. The third-order valence-corrected chi connectivity index (χ3v) is 7.88. The number of rotatable bonds is 6. The number of carbonyl (C=O) groups is 3. The van der Waals surface area contributed by atoms with Crippen molar-refractivity contribution in [2.75, 3.05) is 13.1 Å². The molecule has 0 radical (unpaired) electrons. The molecule has 5 rings (SSSR count). The molecule has 196 valence electrons. The molecule has 2 aliphatic rings. The van der Waals surface area contributed by atoms with Crippen molar-refractivity contribution in [3.05, 3.63) is 94.3 Å². The molecule has 3 aromatic rings. The molecule has 8 heteroatoms. The monoisotopic (exact) mass is 534 g/mol. The number of likely N-dealkylation sites (tertiary alicyclic amines) is 1. The molecule has 3 aromatic carbocycles. The average Bonchev–Trinajstić information content (AvgIpc) is 3.28. The van der Waals surface area contributed by atoms with Gasteiger partial charge in [0.25, 0.3) is 5.91 Å². The van der Waals surface area contributed by atoms with Crippen LogP contribution in [0.1, 0.15) is 40.7 Å². The van der Waals surface area contributed by atoms with Gasteiger partial charge in [0.15, 0.2) is 0 Å². The van der Waals surface area contributed by atoms with Gasteiger partial charge in [0.1, 0.15) is 11.4 Å². The Hall–Kier alpha value is -3.71. The molecular formula is C30H28ClFN2O4. The van der Waals surface area contributed by atoms with Crippen molar-refractivity contribution in [2.24, 2.45) is 5.92 Å². The van der Waals surface area contributed by atoms with Crippen molar-refractivity contribution < 1.29 is 23.9 Å². The Morgan fingerprint density at radius 3 is 2.21 bits per heavy atom. The number of carbonyl (C=O) groups excluding carboxylic acids is 2. The van der Waals surface area contributed by atoms with Crippen LogP contribution in [0, 0.1) is 11.7 Å². The number of aliphatic carboxylic acids is 1. The Labute approximate surface area is 225 Å². The molecule has 1 heterocycles. The molecule has 1 atom stereocenters. The lowest BCUT2D eigenvalue weighted by Crippen LogP contribution is -2.55. The SMILES string of the molecule is O=C(CC1CCN(C(=O)c2ccc(F)cc2)CC1)NC1(C(=O)O)Cc2ccc(-c3ccc(Cl)cc3)cc2C1. The van der Waals surface area contributed by atoms with Crippen molar-refractivity contribution in [1.82, 2.24) is 10.2 Å². The fourth-order valence-electron chi connectivity index (χ4n) is 5.49. The summed E-state index contributed by atoms with van der Waals surface area (Å²) < 4.78 is 13.2. The molecule has 1 aliphatic carbocycles. The van der Waals surface area contributed by atoms with E-state index in [1.807, 2.05) is 42.5 Å². The van der Waals surface area contributed by atoms with Crippen LogP contribution in [0.5, 0.6) is 0 Å². The Kier molecular flexibility index (Phi) is 7.21. The minimum Gasteiger partial charge on any atom is -0.479 e. The molecule has 2 N–H and O–H groups in total. The number of halogens is 2. The molecule has 1 unspecified atom stereocenters. The Morgan fingerprint density at radius 1 is 0.921 bits per heavy atom. The van der Waals surface area contributed by atoms with Crippen molar-refractivity contribution in [1.29, 1.82) is 0 Å². The van der Waals surface area contributed by atoms with Gasteiger partial charge in [0, 0.05) is 42.9 Å². The van der Waals surface area contributed by atoms with Gasteiger partial charge in [0.2, 0.25) is 5.91 Å². The highest BCUT2D eigenvalue weighted by atomic mass is 35.5. The average molecular weight is 535 g/mol. The second kappa shape index (κ2) is 10.6. The number of piperidine rings is 1. The number of nitrogens with one attached hydrogen (secondary N) is 1. The molecule has 1 saturated heterocycles. The van der Waals surface area contributed by atoms with Crippen LogP contribution in [0.25, 0.3) is 11.1 Å². The number of benzene rings is 3. The van der Waals surface area contributed by atoms with Gasteiger partial charge in [-0.05, 0) is 77.4 Å². The number of carboxylic acids is 1. The molecule has 0 saturated carbocycles. The number of nitrogens with zero attached hydrogens (tertiary/aromatic N) is 1. The summed E-state index contributed by atoms with van der Waals surface area (Å²) in [5.74, 6) is -1.83. The number of fused-ring (bicyclic) bond motifs is 1. The van der Waals surface area contributed by atoms with E-state index >= 15 is 0 Å². The minimum atomic E-state index is -1.38. The van der Waals surface area contributed by atoms with E-state index in [1.54, 1.807) is 4.90 Å². The quantitative estimate of drug-likeness (QED) is 0.459. The van der Waals surface area contributed by atoms with Crippen LogP contribution in [0.4, 0.5) is 4.39 Å². The molecule has 1 aliphatic heterocycles. The number of hydrogen-bond acceptors (Lipinski definition) is 3. The number of carboxylic acid groups (broad SMARTS) is 1. The second-order valence-electron chi connectivity index (χ2n) is 10.2. The summed E-state index contributed by atoms with van der Waals surface area (Å²) in [6.45, 7) is 0.994. The van der Waals surface area contributed by atoms with Crippen molar-refractivity contribution in [3.8, 4) is 11.1 Å². The lowest BCUT2D eigenvalue weighted by Gasteiger charge is -2.33. The van der Waals surface area contributed by atoms with E-state index in [2.05, 4.69) is 5.32 Å². The van der Waals surface area contributed by atoms with Crippen LogP contribution in [0.2, 0.25) is 5.02 Å². The van der Waals surface area contributed by atoms with E-state index < -0.39 is 17.3 Å². The van der Waals surface area contributed by atoms with E-state index in [0.717, 1.165) is 22.3 Å². The lowest BCUT2D eigenvalue weighted by molar-refractivity contribution is -0.147. The third kappa shape index (κ3) is 5.43. The summed E-state index contributed by atoms with van der Waals surface area (Å²) >= 11 is 6.00. The maximum Gasteiger partial charge on any atom is 0.330 e. The van der Waals surface area contributed by atoms with Gasteiger partial charge in [-0.3, -0.25) is 9.59 Å². The lowest BCUT2D eigenvalue weighted by atomic mass is 9.91. The molecule has 2 amide bonds.